The van der Waals surface area contributed by atoms with Crippen LogP contribution in [0, 0.1) is 0 Å². The highest BCUT2D eigenvalue weighted by molar-refractivity contribution is 5.33. The van der Waals surface area contributed by atoms with Gasteiger partial charge in [0.2, 0.25) is 0 Å². The Balaban J connectivity index is 1.99. The molecule has 0 amide bonds. The molecule has 0 aliphatic carbocycles. The van der Waals surface area contributed by atoms with Crippen molar-refractivity contribution in [1.82, 2.24) is 10.2 Å². The number of rotatable bonds is 5. The molecule has 0 saturated carbocycles. The summed E-state index contributed by atoms with van der Waals surface area (Å²) in [6.45, 7) is 11.8. The van der Waals surface area contributed by atoms with E-state index in [1.54, 1.807) is 0 Å². The molecule has 0 bridgehead atoms. The zero-order valence-electron chi connectivity index (χ0n) is 11.1. The van der Waals surface area contributed by atoms with Crippen molar-refractivity contribution in [3.8, 4) is 5.75 Å². The molecule has 1 fully saturated rings. The number of ether oxygens (including phenoxy) is 1. The van der Waals surface area contributed by atoms with Gasteiger partial charge in [-0.2, -0.15) is 0 Å². The van der Waals surface area contributed by atoms with E-state index in [0.29, 0.717) is 6.61 Å². The minimum atomic E-state index is 0.596. The second-order valence-corrected chi connectivity index (χ2v) is 4.88. The van der Waals surface area contributed by atoms with Gasteiger partial charge in [0.1, 0.15) is 12.4 Å². The highest BCUT2D eigenvalue weighted by Gasteiger charge is 2.12. The molecule has 98 valence electrons. The average Bonchev–Trinajstić information content (AvgIpc) is 2.39. The lowest BCUT2D eigenvalue weighted by molar-refractivity contribution is 0.228. The van der Waals surface area contributed by atoms with Crippen LogP contribution in [0.25, 0.3) is 0 Å². The fourth-order valence-corrected chi connectivity index (χ4v) is 2.09. The van der Waals surface area contributed by atoms with Gasteiger partial charge in [-0.25, -0.2) is 0 Å². The number of para-hydroxylation sites is 1. The van der Waals surface area contributed by atoms with Crippen molar-refractivity contribution in [1.29, 1.82) is 0 Å². The molecular formula is C15H22N2O. The van der Waals surface area contributed by atoms with E-state index in [1.807, 2.05) is 19.1 Å². The molecule has 3 heteroatoms. The lowest BCUT2D eigenvalue weighted by atomic mass is 10.1. The first-order chi connectivity index (χ1) is 8.75. The van der Waals surface area contributed by atoms with Crippen molar-refractivity contribution < 1.29 is 4.74 Å². The lowest BCUT2D eigenvalue weighted by Gasteiger charge is -2.27. The standard InChI is InChI=1S/C15H22N2O/c1-13(2)12-18-15-6-4-3-5-14(15)11-17-9-7-16-8-10-17/h3-6,16H,1,7-12H2,2H3. The molecule has 0 radical (unpaired) electrons. The monoisotopic (exact) mass is 246 g/mol. The van der Waals surface area contributed by atoms with Gasteiger partial charge in [0.25, 0.3) is 0 Å². The molecule has 1 aromatic rings. The Kier molecular flexibility index (Phi) is 4.79. The third kappa shape index (κ3) is 3.86. The highest BCUT2D eigenvalue weighted by Crippen LogP contribution is 2.20. The molecule has 1 N–H and O–H groups in total. The number of hydrogen-bond acceptors (Lipinski definition) is 3. The molecule has 0 spiro atoms. The van der Waals surface area contributed by atoms with Gasteiger partial charge >= 0.3 is 0 Å². The van der Waals surface area contributed by atoms with Crippen LogP contribution < -0.4 is 10.1 Å². The van der Waals surface area contributed by atoms with Gasteiger partial charge in [0.05, 0.1) is 0 Å². The third-order valence-corrected chi connectivity index (χ3v) is 3.05. The average molecular weight is 246 g/mol. The maximum absolute atomic E-state index is 5.80. The molecule has 0 unspecified atom stereocenters. The quantitative estimate of drug-likeness (QED) is 0.805. The van der Waals surface area contributed by atoms with Crippen molar-refractivity contribution in [3.63, 3.8) is 0 Å². The van der Waals surface area contributed by atoms with E-state index in [0.717, 1.165) is 44.0 Å². The van der Waals surface area contributed by atoms with Gasteiger partial charge in [-0.15, -0.1) is 0 Å². The van der Waals surface area contributed by atoms with Crippen LogP contribution in [0.4, 0.5) is 0 Å². The molecule has 18 heavy (non-hydrogen) atoms. The molecule has 2 rings (SSSR count). The van der Waals surface area contributed by atoms with Crippen LogP contribution in [0.1, 0.15) is 12.5 Å². The number of benzene rings is 1. The molecule has 1 aliphatic rings. The first-order valence-electron chi connectivity index (χ1n) is 6.54. The van der Waals surface area contributed by atoms with Crippen molar-refractivity contribution in [2.75, 3.05) is 32.8 Å². The first-order valence-corrected chi connectivity index (χ1v) is 6.54. The smallest absolute Gasteiger partial charge is 0.124 e. The van der Waals surface area contributed by atoms with E-state index in [1.165, 1.54) is 5.56 Å². The Hall–Kier alpha value is -1.32. The summed E-state index contributed by atoms with van der Waals surface area (Å²) >= 11 is 0. The predicted molar refractivity (Wildman–Crippen MR) is 74.9 cm³/mol. The zero-order chi connectivity index (χ0) is 12.8. The second kappa shape index (κ2) is 6.57. The van der Waals surface area contributed by atoms with E-state index in [2.05, 4.69) is 28.9 Å². The summed E-state index contributed by atoms with van der Waals surface area (Å²) in [5, 5.41) is 3.37. The van der Waals surface area contributed by atoms with Crippen LogP contribution in [0.15, 0.2) is 36.4 Å². The summed E-state index contributed by atoms with van der Waals surface area (Å²) in [4.78, 5) is 2.46. The Morgan fingerprint density at radius 1 is 1.33 bits per heavy atom. The topological polar surface area (TPSA) is 24.5 Å². The van der Waals surface area contributed by atoms with Crippen molar-refractivity contribution in [3.05, 3.63) is 42.0 Å². The lowest BCUT2D eigenvalue weighted by Crippen LogP contribution is -2.42. The van der Waals surface area contributed by atoms with Gasteiger partial charge in [0, 0.05) is 38.3 Å². The largest absolute Gasteiger partial charge is 0.489 e. The minimum absolute atomic E-state index is 0.596. The fraction of sp³-hybridized carbons (Fsp3) is 0.467. The Morgan fingerprint density at radius 2 is 2.06 bits per heavy atom. The van der Waals surface area contributed by atoms with Crippen molar-refractivity contribution >= 4 is 0 Å². The Bertz CT molecular complexity index is 397. The Morgan fingerprint density at radius 3 is 2.78 bits per heavy atom. The van der Waals surface area contributed by atoms with Crippen LogP contribution in [0.5, 0.6) is 5.75 Å². The summed E-state index contributed by atoms with van der Waals surface area (Å²) in [6, 6.07) is 8.29. The van der Waals surface area contributed by atoms with Gasteiger partial charge in [-0.3, -0.25) is 4.90 Å². The number of piperazine rings is 1. The maximum atomic E-state index is 5.80. The molecule has 1 heterocycles. The number of nitrogens with one attached hydrogen (secondary N) is 1. The summed E-state index contributed by atoms with van der Waals surface area (Å²) in [6.07, 6.45) is 0. The van der Waals surface area contributed by atoms with Crippen LogP contribution in [0.3, 0.4) is 0 Å². The summed E-state index contributed by atoms with van der Waals surface area (Å²) in [5.74, 6) is 0.985. The van der Waals surface area contributed by atoms with Crippen LogP contribution >= 0.6 is 0 Å². The van der Waals surface area contributed by atoms with E-state index in [-0.39, 0.29) is 0 Å². The third-order valence-electron chi connectivity index (χ3n) is 3.05. The van der Waals surface area contributed by atoms with Gasteiger partial charge in [-0.1, -0.05) is 24.8 Å². The molecule has 1 saturated heterocycles. The maximum Gasteiger partial charge on any atom is 0.124 e. The molecule has 0 aromatic heterocycles. The number of hydrogen-bond donors (Lipinski definition) is 1. The van der Waals surface area contributed by atoms with E-state index < -0.39 is 0 Å². The molecule has 3 nitrogen and oxygen atoms in total. The minimum Gasteiger partial charge on any atom is -0.489 e. The summed E-state index contributed by atoms with van der Waals surface area (Å²) in [5.41, 5.74) is 2.31. The van der Waals surface area contributed by atoms with E-state index in [4.69, 9.17) is 4.74 Å². The molecule has 1 aromatic carbocycles. The SMILES string of the molecule is C=C(C)COc1ccccc1CN1CCNCC1. The summed E-state index contributed by atoms with van der Waals surface area (Å²) < 4.78 is 5.80. The van der Waals surface area contributed by atoms with Crippen LogP contribution in [0.2, 0.25) is 0 Å². The van der Waals surface area contributed by atoms with Crippen molar-refractivity contribution in [2.24, 2.45) is 0 Å². The van der Waals surface area contributed by atoms with Crippen LogP contribution in [-0.4, -0.2) is 37.7 Å². The Labute approximate surface area is 109 Å². The normalized spacial score (nSPS) is 16.5. The highest BCUT2D eigenvalue weighted by atomic mass is 16.5. The van der Waals surface area contributed by atoms with Gasteiger partial charge < -0.3 is 10.1 Å². The van der Waals surface area contributed by atoms with E-state index in [9.17, 15) is 0 Å². The molecule has 1 aliphatic heterocycles. The zero-order valence-corrected chi connectivity index (χ0v) is 11.1. The van der Waals surface area contributed by atoms with Gasteiger partial charge in [-0.05, 0) is 18.6 Å². The number of nitrogens with zero attached hydrogens (tertiary/aromatic N) is 1. The second-order valence-electron chi connectivity index (χ2n) is 4.88. The fourth-order valence-electron chi connectivity index (χ4n) is 2.09. The van der Waals surface area contributed by atoms with Gasteiger partial charge in [0.15, 0.2) is 0 Å². The predicted octanol–water partition coefficient (Wildman–Crippen LogP) is 2.05. The van der Waals surface area contributed by atoms with Crippen LogP contribution in [-0.2, 0) is 6.54 Å². The first kappa shape index (κ1) is 13.1. The van der Waals surface area contributed by atoms with E-state index >= 15 is 0 Å². The molecule has 0 atom stereocenters. The molecular weight excluding hydrogens is 224 g/mol. The van der Waals surface area contributed by atoms with Crippen molar-refractivity contribution in [2.45, 2.75) is 13.5 Å². The summed E-state index contributed by atoms with van der Waals surface area (Å²) in [7, 11) is 0.